The molecular weight excluding hydrogens is 797 g/mol. The zero-order valence-corrected chi connectivity index (χ0v) is 35.8. The molecule has 0 unspecified atom stereocenters. The first kappa shape index (κ1) is 36.7. The molecular formula is C64H38N2. The minimum absolute atomic E-state index is 0.945. The quantitative estimate of drug-likeness (QED) is 0.165. The summed E-state index contributed by atoms with van der Waals surface area (Å²) < 4.78 is 0. The number of para-hydroxylation sites is 1. The molecule has 14 rings (SSSR count). The summed E-state index contributed by atoms with van der Waals surface area (Å²) in [6.45, 7) is 0. The van der Waals surface area contributed by atoms with Gasteiger partial charge in [-0.2, -0.15) is 0 Å². The van der Waals surface area contributed by atoms with E-state index in [2.05, 4.69) is 218 Å². The van der Waals surface area contributed by atoms with Crippen molar-refractivity contribution in [2.24, 2.45) is 0 Å². The van der Waals surface area contributed by atoms with E-state index in [-0.39, 0.29) is 0 Å². The highest BCUT2D eigenvalue weighted by molar-refractivity contribution is 6.27. The molecule has 14 aromatic rings. The molecule has 0 amide bonds. The maximum Gasteiger partial charge on any atom is 0.0794 e. The van der Waals surface area contributed by atoms with Crippen LogP contribution in [0.2, 0.25) is 0 Å². The van der Waals surface area contributed by atoms with Gasteiger partial charge in [0.05, 0.1) is 16.7 Å². The molecule has 2 heteroatoms. The van der Waals surface area contributed by atoms with E-state index in [1.807, 2.05) is 12.3 Å². The van der Waals surface area contributed by atoms with Crippen LogP contribution in [0.4, 0.5) is 0 Å². The fourth-order valence-electron chi connectivity index (χ4n) is 11.0. The Balaban J connectivity index is 1.03. The summed E-state index contributed by atoms with van der Waals surface area (Å²) in [5.41, 5.74) is 10.9. The van der Waals surface area contributed by atoms with Gasteiger partial charge in [0.1, 0.15) is 0 Å². The van der Waals surface area contributed by atoms with Crippen LogP contribution in [0.5, 0.6) is 0 Å². The van der Waals surface area contributed by atoms with E-state index in [0.29, 0.717) is 0 Å². The third-order valence-corrected chi connectivity index (χ3v) is 14.1. The van der Waals surface area contributed by atoms with Gasteiger partial charge in [-0.3, -0.25) is 4.98 Å². The predicted octanol–water partition coefficient (Wildman–Crippen LogP) is 17.5. The average Bonchev–Trinajstić information content (AvgIpc) is 3.40. The number of hydrogen-bond acceptors (Lipinski definition) is 2. The zero-order valence-electron chi connectivity index (χ0n) is 35.8. The van der Waals surface area contributed by atoms with Crippen LogP contribution in [0.15, 0.2) is 231 Å². The van der Waals surface area contributed by atoms with Gasteiger partial charge in [0.2, 0.25) is 0 Å². The molecule has 12 aromatic carbocycles. The summed E-state index contributed by atoms with van der Waals surface area (Å²) in [5, 5.41) is 19.7. The minimum Gasteiger partial charge on any atom is -0.256 e. The zero-order chi connectivity index (χ0) is 43.3. The van der Waals surface area contributed by atoms with Crippen LogP contribution < -0.4 is 0 Å². The van der Waals surface area contributed by atoms with Gasteiger partial charge < -0.3 is 0 Å². The summed E-state index contributed by atoms with van der Waals surface area (Å²) in [5.74, 6) is 0. The van der Waals surface area contributed by atoms with Crippen molar-refractivity contribution in [3.63, 3.8) is 0 Å². The molecule has 0 aliphatic rings. The number of rotatable bonds is 4. The van der Waals surface area contributed by atoms with Crippen LogP contribution in [0.3, 0.4) is 0 Å². The van der Waals surface area contributed by atoms with Crippen molar-refractivity contribution in [1.82, 2.24) is 9.97 Å². The predicted molar refractivity (Wildman–Crippen MR) is 281 cm³/mol. The standard InChI is InChI=1S/C64H38N2/c1-3-19-49-45(15-1)47-17-5-7-21-51(47)59-35-42(30-32-54(49)59)57-37-61-58(40-28-26-39(27-29-40)44-25-11-13-41-14-12-34-65-63(41)44)38-62(66-64(61)56-24-10-9-23-53(56)57)43-31-33-55-50-20-4-2-16-46(50)48-18-6-8-22-52(48)60(55)36-43/h1-38H. The first-order valence-electron chi connectivity index (χ1n) is 22.7. The summed E-state index contributed by atoms with van der Waals surface area (Å²) >= 11 is 0. The minimum atomic E-state index is 0.945. The Hall–Kier alpha value is -8.72. The largest absolute Gasteiger partial charge is 0.256 e. The van der Waals surface area contributed by atoms with Crippen molar-refractivity contribution in [3.8, 4) is 44.6 Å². The lowest BCUT2D eigenvalue weighted by molar-refractivity contribution is 1.41. The van der Waals surface area contributed by atoms with Crippen molar-refractivity contribution in [2.75, 3.05) is 0 Å². The van der Waals surface area contributed by atoms with Crippen molar-refractivity contribution >= 4 is 97.2 Å². The summed E-state index contributed by atoms with van der Waals surface area (Å²) in [4.78, 5) is 10.5. The molecule has 0 aliphatic carbocycles. The van der Waals surface area contributed by atoms with Gasteiger partial charge in [-0.25, -0.2) is 4.98 Å². The first-order chi connectivity index (χ1) is 32.7. The second-order valence-electron chi connectivity index (χ2n) is 17.6. The van der Waals surface area contributed by atoms with Gasteiger partial charge >= 0.3 is 0 Å². The fourth-order valence-corrected chi connectivity index (χ4v) is 11.0. The molecule has 0 atom stereocenters. The summed E-state index contributed by atoms with van der Waals surface area (Å²) in [7, 11) is 0. The lowest BCUT2D eigenvalue weighted by Gasteiger charge is -2.17. The van der Waals surface area contributed by atoms with Crippen LogP contribution in [0, 0.1) is 0 Å². The summed E-state index contributed by atoms with van der Waals surface area (Å²) in [6, 6.07) is 82.3. The molecule has 2 nitrogen and oxygen atoms in total. The third kappa shape index (κ3) is 5.55. The Labute approximate surface area is 380 Å². The van der Waals surface area contributed by atoms with Crippen LogP contribution in [0.1, 0.15) is 0 Å². The maximum absolute atomic E-state index is 5.66. The Morgan fingerprint density at radius 2 is 0.652 bits per heavy atom. The number of hydrogen-bond donors (Lipinski definition) is 0. The summed E-state index contributed by atoms with van der Waals surface area (Å²) in [6.07, 6.45) is 1.88. The van der Waals surface area contributed by atoms with Crippen molar-refractivity contribution in [1.29, 1.82) is 0 Å². The van der Waals surface area contributed by atoms with Crippen molar-refractivity contribution in [3.05, 3.63) is 231 Å². The van der Waals surface area contributed by atoms with E-state index >= 15 is 0 Å². The number of pyridine rings is 2. The van der Waals surface area contributed by atoms with Gasteiger partial charge in [-0.05, 0) is 128 Å². The molecule has 0 fully saturated rings. The van der Waals surface area contributed by atoms with Gasteiger partial charge in [0.15, 0.2) is 0 Å². The molecule has 66 heavy (non-hydrogen) atoms. The monoisotopic (exact) mass is 834 g/mol. The Morgan fingerprint density at radius 1 is 0.227 bits per heavy atom. The van der Waals surface area contributed by atoms with E-state index < -0.39 is 0 Å². The molecule has 0 aliphatic heterocycles. The van der Waals surface area contributed by atoms with Gasteiger partial charge in [0, 0.05) is 33.5 Å². The van der Waals surface area contributed by atoms with E-state index in [9.17, 15) is 0 Å². The molecule has 2 aromatic heterocycles. The topological polar surface area (TPSA) is 25.8 Å². The van der Waals surface area contributed by atoms with E-state index in [1.54, 1.807) is 0 Å². The second-order valence-corrected chi connectivity index (χ2v) is 17.6. The Bertz CT molecular complexity index is 4260. The lowest BCUT2D eigenvalue weighted by atomic mass is 9.88. The highest BCUT2D eigenvalue weighted by Crippen LogP contribution is 2.44. The number of aromatic nitrogens is 2. The average molecular weight is 835 g/mol. The van der Waals surface area contributed by atoms with E-state index in [1.165, 1.54) is 81.1 Å². The molecule has 0 bridgehead atoms. The molecule has 0 N–H and O–H groups in total. The van der Waals surface area contributed by atoms with Crippen molar-refractivity contribution in [2.45, 2.75) is 0 Å². The first-order valence-corrected chi connectivity index (χ1v) is 22.7. The van der Waals surface area contributed by atoms with Crippen LogP contribution in [-0.2, 0) is 0 Å². The molecule has 0 spiro atoms. The fraction of sp³-hybridized carbons (Fsp3) is 0. The molecule has 304 valence electrons. The molecule has 0 saturated carbocycles. The number of benzene rings is 12. The van der Waals surface area contributed by atoms with Crippen molar-refractivity contribution < 1.29 is 0 Å². The highest BCUT2D eigenvalue weighted by atomic mass is 14.7. The van der Waals surface area contributed by atoms with Crippen LogP contribution in [-0.4, -0.2) is 9.97 Å². The van der Waals surface area contributed by atoms with E-state index in [0.717, 1.165) is 60.7 Å². The van der Waals surface area contributed by atoms with Gasteiger partial charge in [0.25, 0.3) is 0 Å². The second kappa shape index (κ2) is 14.4. The molecule has 0 saturated heterocycles. The Morgan fingerprint density at radius 3 is 1.23 bits per heavy atom. The van der Waals surface area contributed by atoms with Crippen LogP contribution >= 0.6 is 0 Å². The third-order valence-electron chi connectivity index (χ3n) is 14.1. The van der Waals surface area contributed by atoms with E-state index in [4.69, 9.17) is 9.97 Å². The lowest BCUT2D eigenvalue weighted by Crippen LogP contribution is -1.94. The normalized spacial score (nSPS) is 11.9. The number of nitrogens with zero attached hydrogens (tertiary/aromatic N) is 2. The smallest absolute Gasteiger partial charge is 0.0794 e. The highest BCUT2D eigenvalue weighted by Gasteiger charge is 2.19. The SMILES string of the molecule is c1cnc2c(-c3ccc(-c4cc(-c5ccc6c7ccccc7c7ccccc7c6c5)nc5c4cc(-c4ccc6c7ccccc7c7ccccc7c6c4)c4ccccc45)cc3)cccc2c1. The van der Waals surface area contributed by atoms with Crippen LogP contribution in [0.25, 0.3) is 142 Å². The maximum atomic E-state index is 5.66. The number of fused-ring (bicyclic) bond motifs is 16. The molecule has 2 heterocycles. The van der Waals surface area contributed by atoms with Gasteiger partial charge in [-0.1, -0.05) is 194 Å². The molecule has 0 radical (unpaired) electrons. The Kier molecular flexibility index (Phi) is 8.02. The van der Waals surface area contributed by atoms with Gasteiger partial charge in [-0.15, -0.1) is 0 Å².